The number of carbonyl (C=O) groups excluding carboxylic acids is 2. The van der Waals surface area contributed by atoms with E-state index in [9.17, 15) is 18.4 Å². The molecule has 9 heteroatoms. The maximum atomic E-state index is 12.6. The lowest BCUT2D eigenvalue weighted by molar-refractivity contribution is -0.0498. The van der Waals surface area contributed by atoms with Crippen molar-refractivity contribution in [2.75, 3.05) is 5.32 Å². The van der Waals surface area contributed by atoms with Crippen LogP contribution in [0.3, 0.4) is 0 Å². The van der Waals surface area contributed by atoms with E-state index in [0.29, 0.717) is 16.8 Å². The van der Waals surface area contributed by atoms with Crippen LogP contribution in [0.25, 0.3) is 11.1 Å². The van der Waals surface area contributed by atoms with Crippen molar-refractivity contribution in [2.45, 2.75) is 25.5 Å². The van der Waals surface area contributed by atoms with Gasteiger partial charge in [0.1, 0.15) is 11.4 Å². The van der Waals surface area contributed by atoms with Crippen molar-refractivity contribution in [3.8, 4) is 16.9 Å². The van der Waals surface area contributed by atoms with Gasteiger partial charge in [-0.25, -0.2) is 0 Å². The second kappa shape index (κ2) is 8.86. The average Bonchev–Trinajstić information content (AvgIpc) is 3.58. The third-order valence-electron chi connectivity index (χ3n) is 4.56. The van der Waals surface area contributed by atoms with Gasteiger partial charge in [-0.2, -0.15) is 8.78 Å². The Morgan fingerprint density at radius 2 is 1.87 bits per heavy atom. The fraction of sp³-hybridized carbons (Fsp3) is 0.182. The molecule has 0 aliphatic heterocycles. The highest BCUT2D eigenvalue weighted by Gasteiger charge is 2.24. The molecule has 0 saturated heterocycles. The molecule has 4 rings (SSSR count). The van der Waals surface area contributed by atoms with Gasteiger partial charge in [0.25, 0.3) is 11.8 Å². The molecule has 2 N–H and O–H groups in total. The number of halogens is 2. The number of nitrogens with zero attached hydrogens (tertiary/aromatic N) is 2. The minimum atomic E-state index is -2.92. The molecule has 1 fully saturated rings. The smallest absolute Gasteiger partial charge is 0.387 e. The van der Waals surface area contributed by atoms with Crippen LogP contribution in [-0.4, -0.2) is 34.4 Å². The Labute approximate surface area is 176 Å². The molecule has 3 aromatic rings. The highest BCUT2D eigenvalue weighted by molar-refractivity contribution is 6.05. The zero-order chi connectivity index (χ0) is 21.8. The van der Waals surface area contributed by atoms with Crippen LogP contribution in [0.2, 0.25) is 0 Å². The Bertz CT molecular complexity index is 1120. The first-order valence-electron chi connectivity index (χ1n) is 9.56. The Balaban J connectivity index is 1.49. The number of alkyl halides is 2. The van der Waals surface area contributed by atoms with Crippen LogP contribution in [0, 0.1) is 0 Å². The summed E-state index contributed by atoms with van der Waals surface area (Å²) >= 11 is 0. The van der Waals surface area contributed by atoms with Gasteiger partial charge in [0.05, 0.1) is 11.9 Å². The lowest BCUT2D eigenvalue weighted by Crippen LogP contribution is -2.26. The fourth-order valence-electron chi connectivity index (χ4n) is 2.90. The molecule has 0 unspecified atom stereocenters. The molecule has 1 saturated carbocycles. The zero-order valence-corrected chi connectivity index (χ0v) is 16.2. The first-order valence-corrected chi connectivity index (χ1v) is 9.56. The van der Waals surface area contributed by atoms with E-state index in [1.807, 2.05) is 0 Å². The van der Waals surface area contributed by atoms with Gasteiger partial charge in [-0.1, -0.05) is 12.1 Å². The van der Waals surface area contributed by atoms with Crippen molar-refractivity contribution >= 4 is 17.5 Å². The molecule has 0 atom stereocenters. The molecule has 2 heterocycles. The SMILES string of the molecule is O=C(Nc1cncc(-c2cccc(OC(F)F)c2)c1)c1ccnc(C(=O)NC2CC2)c1. The Morgan fingerprint density at radius 1 is 1.03 bits per heavy atom. The Kier molecular flexibility index (Phi) is 5.83. The molecule has 0 spiro atoms. The molecule has 2 aromatic heterocycles. The lowest BCUT2D eigenvalue weighted by atomic mass is 10.1. The number of carbonyl (C=O) groups is 2. The minimum absolute atomic E-state index is 0.0238. The zero-order valence-electron chi connectivity index (χ0n) is 16.2. The number of nitrogens with one attached hydrogen (secondary N) is 2. The van der Waals surface area contributed by atoms with Gasteiger partial charge >= 0.3 is 6.61 Å². The van der Waals surface area contributed by atoms with Gasteiger partial charge < -0.3 is 15.4 Å². The molecule has 0 radical (unpaired) electrons. The van der Waals surface area contributed by atoms with Crippen LogP contribution < -0.4 is 15.4 Å². The molecular formula is C22H18F2N4O3. The van der Waals surface area contributed by atoms with Crippen molar-refractivity contribution in [1.82, 2.24) is 15.3 Å². The van der Waals surface area contributed by atoms with Gasteiger partial charge in [0.15, 0.2) is 0 Å². The highest BCUT2D eigenvalue weighted by atomic mass is 19.3. The predicted octanol–water partition coefficient (Wildman–Crippen LogP) is 3.89. The summed E-state index contributed by atoms with van der Waals surface area (Å²) in [5, 5.41) is 5.55. The summed E-state index contributed by atoms with van der Waals surface area (Å²) < 4.78 is 29.3. The molecule has 0 bridgehead atoms. The first kappa shape index (κ1) is 20.4. The number of pyridine rings is 2. The largest absolute Gasteiger partial charge is 0.435 e. The third kappa shape index (κ3) is 5.39. The second-order valence-electron chi connectivity index (χ2n) is 7.00. The minimum Gasteiger partial charge on any atom is -0.435 e. The Hall–Kier alpha value is -3.88. The van der Waals surface area contributed by atoms with Gasteiger partial charge in [-0.15, -0.1) is 0 Å². The maximum absolute atomic E-state index is 12.6. The normalized spacial score (nSPS) is 13.0. The van der Waals surface area contributed by atoms with Gasteiger partial charge in [0.2, 0.25) is 0 Å². The van der Waals surface area contributed by atoms with E-state index in [1.54, 1.807) is 24.4 Å². The van der Waals surface area contributed by atoms with Gasteiger partial charge in [-0.05, 0) is 48.7 Å². The molecule has 1 aliphatic rings. The summed E-state index contributed by atoms with van der Waals surface area (Å²) in [6.45, 7) is -2.92. The van der Waals surface area contributed by atoms with E-state index in [4.69, 9.17) is 0 Å². The van der Waals surface area contributed by atoms with Crippen LogP contribution in [0.15, 0.2) is 61.1 Å². The summed E-state index contributed by atoms with van der Waals surface area (Å²) in [6.07, 6.45) is 6.31. The van der Waals surface area contributed by atoms with Crippen molar-refractivity contribution in [2.24, 2.45) is 0 Å². The van der Waals surface area contributed by atoms with Crippen molar-refractivity contribution in [1.29, 1.82) is 0 Å². The first-order chi connectivity index (χ1) is 15.0. The summed E-state index contributed by atoms with van der Waals surface area (Å²) in [5.74, 6) is -0.723. The number of hydrogen-bond donors (Lipinski definition) is 2. The highest BCUT2D eigenvalue weighted by Crippen LogP contribution is 2.26. The third-order valence-corrected chi connectivity index (χ3v) is 4.56. The van der Waals surface area contributed by atoms with E-state index in [2.05, 4.69) is 25.3 Å². The lowest BCUT2D eigenvalue weighted by Gasteiger charge is -2.10. The van der Waals surface area contributed by atoms with E-state index in [0.717, 1.165) is 12.8 Å². The number of hydrogen-bond acceptors (Lipinski definition) is 5. The van der Waals surface area contributed by atoms with Crippen molar-refractivity contribution < 1.29 is 23.1 Å². The van der Waals surface area contributed by atoms with Crippen LogP contribution in [-0.2, 0) is 0 Å². The fourth-order valence-corrected chi connectivity index (χ4v) is 2.90. The number of aromatic nitrogens is 2. The topological polar surface area (TPSA) is 93.2 Å². The monoisotopic (exact) mass is 424 g/mol. The van der Waals surface area contributed by atoms with Gasteiger partial charge in [-0.3, -0.25) is 19.6 Å². The summed E-state index contributed by atoms with van der Waals surface area (Å²) in [7, 11) is 0. The summed E-state index contributed by atoms with van der Waals surface area (Å²) in [5.41, 5.74) is 2.06. The molecule has 1 aromatic carbocycles. The van der Waals surface area contributed by atoms with Gasteiger partial charge in [0, 0.05) is 29.6 Å². The van der Waals surface area contributed by atoms with Crippen LogP contribution >= 0.6 is 0 Å². The average molecular weight is 424 g/mol. The molecule has 1 aliphatic carbocycles. The molecule has 158 valence electrons. The molecule has 7 nitrogen and oxygen atoms in total. The van der Waals surface area contributed by atoms with Crippen LogP contribution in [0.1, 0.15) is 33.7 Å². The molecule has 31 heavy (non-hydrogen) atoms. The van der Waals surface area contributed by atoms with Crippen molar-refractivity contribution in [3.05, 3.63) is 72.3 Å². The predicted molar refractivity (Wildman–Crippen MR) is 109 cm³/mol. The van der Waals surface area contributed by atoms with E-state index in [-0.39, 0.29) is 29.0 Å². The van der Waals surface area contributed by atoms with Crippen LogP contribution in [0.5, 0.6) is 5.75 Å². The second-order valence-corrected chi connectivity index (χ2v) is 7.00. The number of benzene rings is 1. The van der Waals surface area contributed by atoms with E-state index < -0.39 is 12.5 Å². The van der Waals surface area contributed by atoms with Crippen LogP contribution in [0.4, 0.5) is 14.5 Å². The number of rotatable bonds is 7. The number of ether oxygens (including phenoxy) is 1. The number of anilines is 1. The summed E-state index contributed by atoms with van der Waals surface area (Å²) in [6, 6.07) is 11.0. The molecular weight excluding hydrogens is 406 g/mol. The van der Waals surface area contributed by atoms with E-state index >= 15 is 0 Å². The van der Waals surface area contributed by atoms with E-state index in [1.165, 1.54) is 36.7 Å². The quantitative estimate of drug-likeness (QED) is 0.600. The summed E-state index contributed by atoms with van der Waals surface area (Å²) in [4.78, 5) is 32.9. The number of amides is 2. The standard InChI is InChI=1S/C22H18F2N4O3/c23-22(24)31-18-3-1-2-13(9-18)15-8-17(12-25-11-15)28-20(29)14-6-7-26-19(10-14)21(30)27-16-4-5-16/h1-3,6-12,16,22H,4-5H2,(H,27,30)(H,28,29). The molecule has 2 amide bonds. The Morgan fingerprint density at radius 3 is 2.65 bits per heavy atom. The maximum Gasteiger partial charge on any atom is 0.387 e. The van der Waals surface area contributed by atoms with Crippen molar-refractivity contribution in [3.63, 3.8) is 0 Å².